The Hall–Kier alpha value is -3.59. The highest BCUT2D eigenvalue weighted by atomic mass is 16.5. The van der Waals surface area contributed by atoms with Crippen molar-refractivity contribution in [2.75, 3.05) is 0 Å². The first kappa shape index (κ1) is 18.4. The smallest absolute Gasteiger partial charge is 0.148 e. The van der Waals surface area contributed by atoms with Crippen molar-refractivity contribution in [3.8, 4) is 5.75 Å². The minimum absolute atomic E-state index is 0.428. The van der Waals surface area contributed by atoms with Gasteiger partial charge < -0.3 is 9.30 Å². The van der Waals surface area contributed by atoms with Crippen molar-refractivity contribution in [1.82, 2.24) is 9.55 Å². The van der Waals surface area contributed by atoms with Gasteiger partial charge in [0.1, 0.15) is 18.2 Å². The number of hydrogen-bond acceptors (Lipinski definition) is 2. The van der Waals surface area contributed by atoms with Crippen LogP contribution in [0, 0.1) is 13.8 Å². The summed E-state index contributed by atoms with van der Waals surface area (Å²) in [6.45, 7) is 5.51. The Kier molecular flexibility index (Phi) is 4.72. The van der Waals surface area contributed by atoms with Crippen LogP contribution in [-0.4, -0.2) is 9.55 Å². The molecule has 0 unspecified atom stereocenters. The predicted octanol–water partition coefficient (Wildman–Crippen LogP) is 6.43. The molecule has 1 heterocycles. The summed E-state index contributed by atoms with van der Waals surface area (Å²) >= 11 is 0. The lowest BCUT2D eigenvalue weighted by molar-refractivity contribution is 0.291. The van der Waals surface area contributed by atoms with Gasteiger partial charge >= 0.3 is 0 Å². The molecule has 0 bridgehead atoms. The molecular weight excluding hydrogens is 368 g/mol. The van der Waals surface area contributed by atoms with Crippen LogP contribution in [0.15, 0.2) is 84.9 Å². The van der Waals surface area contributed by atoms with E-state index in [4.69, 9.17) is 9.72 Å². The fourth-order valence-electron chi connectivity index (χ4n) is 3.96. The van der Waals surface area contributed by atoms with Crippen molar-refractivity contribution >= 4 is 21.8 Å². The van der Waals surface area contributed by atoms with Gasteiger partial charge in [-0.2, -0.15) is 0 Å². The molecule has 3 nitrogen and oxygen atoms in total. The number of aryl methyl sites for hydroxylation is 2. The molecule has 0 amide bonds. The first-order chi connectivity index (χ1) is 14.7. The van der Waals surface area contributed by atoms with Gasteiger partial charge in [0.25, 0.3) is 0 Å². The van der Waals surface area contributed by atoms with Crippen LogP contribution >= 0.6 is 0 Å². The zero-order valence-electron chi connectivity index (χ0n) is 17.3. The van der Waals surface area contributed by atoms with Gasteiger partial charge in [0.2, 0.25) is 0 Å². The fourth-order valence-corrected chi connectivity index (χ4v) is 3.96. The number of benzene rings is 4. The van der Waals surface area contributed by atoms with Crippen LogP contribution in [0.5, 0.6) is 5.75 Å². The molecule has 0 radical (unpaired) electrons. The molecule has 0 fully saturated rings. The second kappa shape index (κ2) is 7.68. The third-order valence-corrected chi connectivity index (χ3v) is 5.66. The van der Waals surface area contributed by atoms with Crippen molar-refractivity contribution < 1.29 is 4.74 Å². The topological polar surface area (TPSA) is 27.1 Å². The molecule has 0 atom stereocenters. The quantitative estimate of drug-likeness (QED) is 0.344. The third kappa shape index (κ3) is 3.55. The highest BCUT2D eigenvalue weighted by molar-refractivity contribution is 5.83. The zero-order chi connectivity index (χ0) is 20.5. The molecule has 0 saturated heterocycles. The van der Waals surface area contributed by atoms with Crippen LogP contribution in [-0.2, 0) is 13.2 Å². The molecule has 5 aromatic rings. The van der Waals surface area contributed by atoms with E-state index in [0.29, 0.717) is 6.61 Å². The Labute approximate surface area is 176 Å². The maximum atomic E-state index is 6.18. The van der Waals surface area contributed by atoms with E-state index in [1.54, 1.807) is 0 Å². The van der Waals surface area contributed by atoms with Gasteiger partial charge in [-0.3, -0.25) is 0 Å². The monoisotopic (exact) mass is 392 g/mol. The van der Waals surface area contributed by atoms with E-state index in [0.717, 1.165) is 29.2 Å². The first-order valence-electron chi connectivity index (χ1n) is 10.3. The highest BCUT2D eigenvalue weighted by Crippen LogP contribution is 2.24. The first-order valence-corrected chi connectivity index (χ1v) is 10.3. The molecule has 0 saturated carbocycles. The Morgan fingerprint density at radius 2 is 1.60 bits per heavy atom. The molecule has 1 aromatic heterocycles. The molecule has 0 aliphatic carbocycles. The lowest BCUT2D eigenvalue weighted by Crippen LogP contribution is -2.09. The molecule has 30 heavy (non-hydrogen) atoms. The molecule has 4 aromatic carbocycles. The van der Waals surface area contributed by atoms with Gasteiger partial charge in [0, 0.05) is 6.54 Å². The van der Waals surface area contributed by atoms with E-state index < -0.39 is 0 Å². The molecule has 3 heteroatoms. The third-order valence-electron chi connectivity index (χ3n) is 5.66. The van der Waals surface area contributed by atoms with E-state index >= 15 is 0 Å². The molecular formula is C27H24N2O. The van der Waals surface area contributed by atoms with Crippen molar-refractivity contribution in [3.63, 3.8) is 0 Å². The van der Waals surface area contributed by atoms with Crippen LogP contribution in [0.1, 0.15) is 22.5 Å². The summed E-state index contributed by atoms with van der Waals surface area (Å²) in [6.07, 6.45) is 0. The van der Waals surface area contributed by atoms with Crippen molar-refractivity contribution in [2.24, 2.45) is 0 Å². The van der Waals surface area contributed by atoms with Crippen molar-refractivity contribution in [3.05, 3.63) is 107 Å². The minimum atomic E-state index is 0.428. The number of aromatic nitrogens is 2. The number of para-hydroxylation sites is 2. The van der Waals surface area contributed by atoms with Crippen LogP contribution in [0.25, 0.3) is 21.8 Å². The standard InChI is InChI=1S/C27H24N2O/c1-19-11-12-20(2)23(15-19)17-29-26-10-6-5-9-25(26)28-27(29)18-30-24-14-13-21-7-3-4-8-22(21)16-24/h3-16H,17-18H2,1-2H3. The molecule has 0 aliphatic heterocycles. The van der Waals surface area contributed by atoms with Gasteiger partial charge in [-0.1, -0.05) is 66.2 Å². The molecule has 0 aliphatic rings. The summed E-state index contributed by atoms with van der Waals surface area (Å²) < 4.78 is 8.45. The second-order valence-electron chi connectivity index (χ2n) is 7.83. The van der Waals surface area contributed by atoms with Crippen LogP contribution in [0.3, 0.4) is 0 Å². The highest BCUT2D eigenvalue weighted by Gasteiger charge is 2.13. The van der Waals surface area contributed by atoms with Gasteiger partial charge in [0.05, 0.1) is 11.0 Å². The Balaban J connectivity index is 1.48. The summed E-state index contributed by atoms with van der Waals surface area (Å²) in [5, 5.41) is 2.39. The van der Waals surface area contributed by atoms with Gasteiger partial charge in [-0.25, -0.2) is 4.98 Å². The van der Waals surface area contributed by atoms with E-state index in [2.05, 4.69) is 91.2 Å². The van der Waals surface area contributed by atoms with Gasteiger partial charge in [0.15, 0.2) is 0 Å². The second-order valence-corrected chi connectivity index (χ2v) is 7.83. The maximum Gasteiger partial charge on any atom is 0.148 e. The van der Waals surface area contributed by atoms with Crippen molar-refractivity contribution in [1.29, 1.82) is 0 Å². The summed E-state index contributed by atoms with van der Waals surface area (Å²) in [5.74, 6) is 1.80. The van der Waals surface area contributed by atoms with Crippen molar-refractivity contribution in [2.45, 2.75) is 27.0 Å². The summed E-state index contributed by atoms with van der Waals surface area (Å²) in [4.78, 5) is 4.88. The number of ether oxygens (including phenoxy) is 1. The molecule has 5 rings (SSSR count). The van der Waals surface area contributed by atoms with Crippen LogP contribution in [0.4, 0.5) is 0 Å². The lowest BCUT2D eigenvalue weighted by atomic mass is 10.1. The van der Waals surface area contributed by atoms with Crippen LogP contribution in [0.2, 0.25) is 0 Å². The predicted molar refractivity (Wildman–Crippen MR) is 123 cm³/mol. The molecule has 0 N–H and O–H groups in total. The number of fused-ring (bicyclic) bond motifs is 2. The van der Waals surface area contributed by atoms with Gasteiger partial charge in [-0.15, -0.1) is 0 Å². The number of hydrogen-bond donors (Lipinski definition) is 0. The lowest BCUT2D eigenvalue weighted by Gasteiger charge is -2.13. The van der Waals surface area contributed by atoms with E-state index in [1.807, 2.05) is 12.1 Å². The normalized spacial score (nSPS) is 11.3. The Morgan fingerprint density at radius 3 is 2.50 bits per heavy atom. The summed E-state index contributed by atoms with van der Waals surface area (Å²) in [6, 6.07) is 29.5. The number of imidazole rings is 1. The summed E-state index contributed by atoms with van der Waals surface area (Å²) in [5.41, 5.74) is 6.01. The minimum Gasteiger partial charge on any atom is -0.486 e. The SMILES string of the molecule is Cc1ccc(C)c(Cn2c(COc3ccc4ccccc4c3)nc3ccccc32)c1. The average Bonchev–Trinajstić information content (AvgIpc) is 3.12. The maximum absolute atomic E-state index is 6.18. The Morgan fingerprint density at radius 1 is 0.800 bits per heavy atom. The van der Waals surface area contributed by atoms with Crippen LogP contribution < -0.4 is 4.74 Å². The van der Waals surface area contributed by atoms with E-state index in [-0.39, 0.29) is 0 Å². The summed E-state index contributed by atoms with van der Waals surface area (Å²) in [7, 11) is 0. The van der Waals surface area contributed by atoms with Gasteiger partial charge in [-0.05, 0) is 60.0 Å². The Bertz CT molecular complexity index is 1350. The number of rotatable bonds is 5. The molecule has 0 spiro atoms. The van der Waals surface area contributed by atoms with E-state index in [1.165, 1.54) is 27.5 Å². The average molecular weight is 393 g/mol. The fraction of sp³-hybridized carbons (Fsp3) is 0.148. The number of nitrogens with zero attached hydrogens (tertiary/aromatic N) is 2. The van der Waals surface area contributed by atoms with E-state index in [9.17, 15) is 0 Å². The zero-order valence-corrected chi connectivity index (χ0v) is 17.3. The largest absolute Gasteiger partial charge is 0.486 e. The molecule has 148 valence electrons.